The van der Waals surface area contributed by atoms with Gasteiger partial charge in [-0.1, -0.05) is 110 Å². The van der Waals surface area contributed by atoms with Crippen molar-refractivity contribution in [3.05, 3.63) is 0 Å². The molecule has 6 unspecified atom stereocenters. The molecular formula is C31H60N2O7. The SMILES string of the molecule is CCCCCCCCCCCCCCCCCC(=O)OCC(O)C1OCC(OC(=O)C(CCC)C(C)NN)C1O. The number of unbranched alkanes of at least 4 members (excludes halogenated alkanes) is 14. The minimum absolute atomic E-state index is 0.0367. The highest BCUT2D eigenvalue weighted by molar-refractivity contribution is 5.73. The molecule has 0 aromatic carbocycles. The number of esters is 2. The Labute approximate surface area is 243 Å². The van der Waals surface area contributed by atoms with Crippen molar-refractivity contribution in [2.24, 2.45) is 11.8 Å². The number of ether oxygens (including phenoxy) is 3. The number of aliphatic hydroxyl groups is 2. The van der Waals surface area contributed by atoms with E-state index in [2.05, 4.69) is 12.3 Å². The van der Waals surface area contributed by atoms with Crippen molar-refractivity contribution in [3.8, 4) is 0 Å². The van der Waals surface area contributed by atoms with Crippen molar-refractivity contribution in [2.45, 2.75) is 167 Å². The number of hydrogen-bond acceptors (Lipinski definition) is 9. The van der Waals surface area contributed by atoms with Gasteiger partial charge in [-0.15, -0.1) is 0 Å². The van der Waals surface area contributed by atoms with Crippen LogP contribution in [-0.4, -0.2) is 65.8 Å². The molecule has 0 aromatic rings. The zero-order chi connectivity index (χ0) is 29.6. The van der Waals surface area contributed by atoms with E-state index in [-0.39, 0.29) is 25.2 Å². The maximum absolute atomic E-state index is 12.6. The van der Waals surface area contributed by atoms with E-state index in [0.717, 1.165) is 25.7 Å². The highest BCUT2D eigenvalue weighted by Gasteiger charge is 2.43. The van der Waals surface area contributed by atoms with E-state index >= 15 is 0 Å². The van der Waals surface area contributed by atoms with E-state index in [1.165, 1.54) is 77.0 Å². The molecular weight excluding hydrogens is 512 g/mol. The number of nitrogens with two attached hydrogens (primary N) is 1. The van der Waals surface area contributed by atoms with E-state index in [4.69, 9.17) is 20.1 Å². The quantitative estimate of drug-likeness (QED) is 0.0509. The van der Waals surface area contributed by atoms with E-state index in [9.17, 15) is 19.8 Å². The average molecular weight is 573 g/mol. The van der Waals surface area contributed by atoms with E-state index in [1.54, 1.807) is 6.92 Å². The smallest absolute Gasteiger partial charge is 0.311 e. The van der Waals surface area contributed by atoms with E-state index in [0.29, 0.717) is 12.8 Å². The second-order valence-corrected chi connectivity index (χ2v) is 11.6. The molecule has 0 bridgehead atoms. The van der Waals surface area contributed by atoms with Gasteiger partial charge in [-0.05, 0) is 19.8 Å². The zero-order valence-electron chi connectivity index (χ0n) is 25.6. The van der Waals surface area contributed by atoms with Gasteiger partial charge >= 0.3 is 11.9 Å². The molecule has 9 heteroatoms. The van der Waals surface area contributed by atoms with Crippen molar-refractivity contribution in [1.29, 1.82) is 0 Å². The minimum Gasteiger partial charge on any atom is -0.463 e. The molecule has 40 heavy (non-hydrogen) atoms. The predicted octanol–water partition coefficient (Wildman–Crippen LogP) is 5.09. The number of rotatable bonds is 25. The van der Waals surface area contributed by atoms with Gasteiger partial charge in [0.15, 0.2) is 6.10 Å². The van der Waals surface area contributed by atoms with E-state index in [1.807, 2.05) is 6.92 Å². The van der Waals surface area contributed by atoms with Gasteiger partial charge in [0.1, 0.15) is 24.9 Å². The molecule has 0 radical (unpaired) electrons. The van der Waals surface area contributed by atoms with Crippen LogP contribution in [0.2, 0.25) is 0 Å². The highest BCUT2D eigenvalue weighted by atomic mass is 16.6. The highest BCUT2D eigenvalue weighted by Crippen LogP contribution is 2.23. The summed E-state index contributed by atoms with van der Waals surface area (Å²) in [7, 11) is 0. The van der Waals surface area contributed by atoms with Gasteiger partial charge in [-0.2, -0.15) is 0 Å². The van der Waals surface area contributed by atoms with Crippen molar-refractivity contribution in [1.82, 2.24) is 5.43 Å². The lowest BCUT2D eigenvalue weighted by Crippen LogP contribution is -2.46. The maximum Gasteiger partial charge on any atom is 0.311 e. The van der Waals surface area contributed by atoms with Crippen molar-refractivity contribution in [3.63, 3.8) is 0 Å². The first-order valence-electron chi connectivity index (χ1n) is 16.2. The van der Waals surface area contributed by atoms with Gasteiger partial charge in [0.25, 0.3) is 0 Å². The molecule has 6 atom stereocenters. The third-order valence-electron chi connectivity index (χ3n) is 7.99. The monoisotopic (exact) mass is 572 g/mol. The number of hydrazine groups is 1. The van der Waals surface area contributed by atoms with Gasteiger partial charge in [0, 0.05) is 12.5 Å². The van der Waals surface area contributed by atoms with Crippen LogP contribution in [0.25, 0.3) is 0 Å². The normalized spacial score (nSPS) is 21.2. The molecule has 0 aliphatic carbocycles. The first kappa shape index (κ1) is 36.8. The molecule has 1 rings (SSSR count). The summed E-state index contributed by atoms with van der Waals surface area (Å²) in [6, 6.07) is -0.280. The predicted molar refractivity (Wildman–Crippen MR) is 157 cm³/mol. The summed E-state index contributed by atoms with van der Waals surface area (Å²) in [6.45, 7) is 5.71. The Hall–Kier alpha value is -1.26. The Bertz CT molecular complexity index is 651. The van der Waals surface area contributed by atoms with Crippen molar-refractivity contribution >= 4 is 11.9 Å². The molecule has 0 spiro atoms. The number of aliphatic hydroxyl groups excluding tert-OH is 2. The van der Waals surface area contributed by atoms with Crippen LogP contribution in [0.1, 0.15) is 136 Å². The van der Waals surface area contributed by atoms with Crippen molar-refractivity contribution in [2.75, 3.05) is 13.2 Å². The Morgan fingerprint density at radius 1 is 0.900 bits per heavy atom. The summed E-state index contributed by atoms with van der Waals surface area (Å²) in [6.07, 6.45) is 16.3. The lowest BCUT2D eigenvalue weighted by atomic mass is 9.96. The van der Waals surface area contributed by atoms with Gasteiger partial charge in [0.05, 0.1) is 12.5 Å². The number of carbonyl (C=O) groups excluding carboxylic acids is 2. The molecule has 1 saturated heterocycles. The van der Waals surface area contributed by atoms with Crippen LogP contribution in [0, 0.1) is 5.92 Å². The fourth-order valence-corrected chi connectivity index (χ4v) is 5.28. The third kappa shape index (κ3) is 15.7. The largest absolute Gasteiger partial charge is 0.463 e. The summed E-state index contributed by atoms with van der Waals surface area (Å²) >= 11 is 0. The summed E-state index contributed by atoms with van der Waals surface area (Å²) in [5, 5.41) is 21.0. The molecule has 1 aliphatic rings. The van der Waals surface area contributed by atoms with Crippen LogP contribution in [0.3, 0.4) is 0 Å². The van der Waals surface area contributed by atoms with E-state index < -0.39 is 36.3 Å². The average Bonchev–Trinajstić information content (AvgIpc) is 3.31. The van der Waals surface area contributed by atoms with Crippen LogP contribution >= 0.6 is 0 Å². The van der Waals surface area contributed by atoms with Gasteiger partial charge in [0.2, 0.25) is 0 Å². The molecule has 0 amide bonds. The number of carbonyl (C=O) groups is 2. The zero-order valence-corrected chi connectivity index (χ0v) is 25.6. The maximum atomic E-state index is 12.6. The first-order chi connectivity index (χ1) is 19.3. The second-order valence-electron chi connectivity index (χ2n) is 11.6. The molecule has 1 fully saturated rings. The Balaban J connectivity index is 2.09. The fourth-order valence-electron chi connectivity index (χ4n) is 5.28. The van der Waals surface area contributed by atoms with Crippen molar-refractivity contribution < 1.29 is 34.0 Å². The second kappa shape index (κ2) is 23.3. The Morgan fingerprint density at radius 3 is 1.93 bits per heavy atom. The van der Waals surface area contributed by atoms with Gasteiger partial charge < -0.3 is 24.4 Å². The number of hydrogen-bond donors (Lipinski definition) is 4. The summed E-state index contributed by atoms with van der Waals surface area (Å²) in [5.74, 6) is 4.20. The summed E-state index contributed by atoms with van der Waals surface area (Å²) in [5.41, 5.74) is 2.58. The molecule has 236 valence electrons. The fraction of sp³-hybridized carbons (Fsp3) is 0.935. The van der Waals surface area contributed by atoms with Crippen LogP contribution in [-0.2, 0) is 23.8 Å². The molecule has 1 aliphatic heterocycles. The lowest BCUT2D eigenvalue weighted by Gasteiger charge is -2.25. The van der Waals surface area contributed by atoms with Gasteiger partial charge in [-0.25, -0.2) is 0 Å². The lowest BCUT2D eigenvalue weighted by molar-refractivity contribution is -0.159. The van der Waals surface area contributed by atoms with Crippen LogP contribution in [0.4, 0.5) is 0 Å². The third-order valence-corrected chi connectivity index (χ3v) is 7.99. The number of nitrogens with one attached hydrogen (secondary N) is 1. The summed E-state index contributed by atoms with van der Waals surface area (Å²) in [4.78, 5) is 24.7. The summed E-state index contributed by atoms with van der Waals surface area (Å²) < 4.78 is 16.2. The Kier molecular flexibility index (Phi) is 21.4. The Morgan fingerprint density at radius 2 is 1.43 bits per heavy atom. The van der Waals surface area contributed by atoms with Gasteiger partial charge in [-0.3, -0.25) is 20.9 Å². The molecule has 9 nitrogen and oxygen atoms in total. The molecule has 5 N–H and O–H groups in total. The van der Waals surface area contributed by atoms with Crippen LogP contribution in [0.5, 0.6) is 0 Å². The standard InChI is InChI=1S/C31H60N2O7/c1-4-6-7-8-9-10-11-12-13-14-15-16-17-18-19-21-28(35)38-22-26(34)30-29(36)27(23-39-30)40-31(37)25(20-5-2)24(3)33-32/h24-27,29-30,33-34,36H,4-23,32H2,1-3H3. The minimum atomic E-state index is -1.21. The molecule has 0 aromatic heterocycles. The molecule has 1 heterocycles. The topological polar surface area (TPSA) is 140 Å². The molecule has 0 saturated carbocycles. The van der Waals surface area contributed by atoms with Crippen LogP contribution < -0.4 is 11.3 Å². The van der Waals surface area contributed by atoms with Crippen LogP contribution in [0.15, 0.2) is 0 Å². The first-order valence-corrected chi connectivity index (χ1v) is 16.2.